The predicted octanol–water partition coefficient (Wildman–Crippen LogP) is 2.09. The first-order chi connectivity index (χ1) is 9.97. The first kappa shape index (κ1) is 13.4. The maximum Gasteiger partial charge on any atom is 0.252 e. The fraction of sp³-hybridized carbons (Fsp3) is 0.176. The lowest BCUT2D eigenvalue weighted by atomic mass is 9.95. The lowest BCUT2D eigenvalue weighted by Crippen LogP contribution is -2.41. The second-order valence-electron chi connectivity index (χ2n) is 5.66. The van der Waals surface area contributed by atoms with Gasteiger partial charge >= 0.3 is 0 Å². The first-order valence-electron chi connectivity index (χ1n) is 6.80. The molecule has 1 aromatic heterocycles. The van der Waals surface area contributed by atoms with Crippen molar-refractivity contribution < 1.29 is 4.79 Å². The van der Waals surface area contributed by atoms with E-state index in [4.69, 9.17) is 0 Å². The molecular weight excluding hydrogens is 264 g/mol. The molecule has 0 aliphatic heterocycles. The summed E-state index contributed by atoms with van der Waals surface area (Å²) in [7, 11) is 0. The van der Waals surface area contributed by atoms with Crippen LogP contribution in [0.3, 0.4) is 0 Å². The summed E-state index contributed by atoms with van der Waals surface area (Å²) in [5.41, 5.74) is 2.83. The number of pyridine rings is 1. The SMILES string of the molecule is CC(C)(NC(=O)C1=C2C=CC=C2C=C1)c1ccc(=O)[nH]c1. The molecule has 0 saturated heterocycles. The number of aromatic amines is 1. The van der Waals surface area contributed by atoms with Gasteiger partial charge in [-0.3, -0.25) is 9.59 Å². The number of H-pyrrole nitrogens is 1. The van der Waals surface area contributed by atoms with Crippen molar-refractivity contribution in [2.75, 3.05) is 0 Å². The average Bonchev–Trinajstić information content (AvgIpc) is 3.00. The molecule has 0 bridgehead atoms. The smallest absolute Gasteiger partial charge is 0.252 e. The van der Waals surface area contributed by atoms with Crippen molar-refractivity contribution in [2.24, 2.45) is 0 Å². The van der Waals surface area contributed by atoms with Gasteiger partial charge in [-0.25, -0.2) is 0 Å². The molecule has 2 aliphatic rings. The predicted molar refractivity (Wildman–Crippen MR) is 81.6 cm³/mol. The molecule has 1 aromatic rings. The molecule has 0 aromatic carbocycles. The maximum absolute atomic E-state index is 12.5. The van der Waals surface area contributed by atoms with Gasteiger partial charge in [0.25, 0.3) is 5.91 Å². The molecule has 2 aliphatic carbocycles. The van der Waals surface area contributed by atoms with Gasteiger partial charge in [0.15, 0.2) is 0 Å². The summed E-state index contributed by atoms with van der Waals surface area (Å²) in [6, 6.07) is 3.18. The van der Waals surface area contributed by atoms with Gasteiger partial charge in [-0.05, 0) is 42.7 Å². The number of amides is 1. The number of rotatable bonds is 3. The van der Waals surface area contributed by atoms with Crippen LogP contribution in [0.4, 0.5) is 0 Å². The zero-order valence-corrected chi connectivity index (χ0v) is 11.9. The summed E-state index contributed by atoms with van der Waals surface area (Å²) >= 11 is 0. The highest BCUT2D eigenvalue weighted by Crippen LogP contribution is 2.30. The van der Waals surface area contributed by atoms with E-state index >= 15 is 0 Å². The molecule has 0 atom stereocenters. The van der Waals surface area contributed by atoms with E-state index in [2.05, 4.69) is 10.3 Å². The van der Waals surface area contributed by atoms with E-state index < -0.39 is 5.54 Å². The highest BCUT2D eigenvalue weighted by molar-refractivity contribution is 6.01. The summed E-state index contributed by atoms with van der Waals surface area (Å²) in [6.45, 7) is 3.81. The third-order valence-electron chi connectivity index (χ3n) is 3.75. The highest BCUT2D eigenvalue weighted by Gasteiger charge is 2.27. The van der Waals surface area contributed by atoms with Crippen LogP contribution in [0, 0.1) is 0 Å². The Balaban J connectivity index is 1.84. The summed E-state index contributed by atoms with van der Waals surface area (Å²) in [6.07, 6.45) is 11.3. The van der Waals surface area contributed by atoms with Gasteiger partial charge in [0.05, 0.1) is 5.54 Å². The van der Waals surface area contributed by atoms with Crippen molar-refractivity contribution in [2.45, 2.75) is 19.4 Å². The van der Waals surface area contributed by atoms with Crippen molar-refractivity contribution in [3.05, 3.63) is 81.3 Å². The number of carbonyl (C=O) groups is 1. The van der Waals surface area contributed by atoms with Crippen LogP contribution in [-0.2, 0) is 10.3 Å². The Kier molecular flexibility index (Phi) is 3.01. The number of hydrogen-bond donors (Lipinski definition) is 2. The van der Waals surface area contributed by atoms with Crippen LogP contribution in [0.25, 0.3) is 0 Å². The molecular formula is C17H16N2O2. The Morgan fingerprint density at radius 3 is 2.71 bits per heavy atom. The molecule has 4 heteroatoms. The van der Waals surface area contributed by atoms with Crippen molar-refractivity contribution in [3.63, 3.8) is 0 Å². The van der Waals surface area contributed by atoms with Crippen LogP contribution in [0.15, 0.2) is 70.2 Å². The fourth-order valence-electron chi connectivity index (χ4n) is 2.51. The van der Waals surface area contributed by atoms with E-state index in [9.17, 15) is 9.59 Å². The number of fused-ring (bicyclic) bond motifs is 1. The summed E-state index contributed by atoms with van der Waals surface area (Å²) in [4.78, 5) is 26.3. The Morgan fingerprint density at radius 2 is 2.00 bits per heavy atom. The second-order valence-corrected chi connectivity index (χ2v) is 5.66. The van der Waals surface area contributed by atoms with Gasteiger partial charge in [-0.1, -0.05) is 24.3 Å². The maximum atomic E-state index is 12.5. The summed E-state index contributed by atoms with van der Waals surface area (Å²) in [5.74, 6) is -0.118. The van der Waals surface area contributed by atoms with Gasteiger partial charge in [0.2, 0.25) is 5.56 Å². The minimum absolute atomic E-state index is 0.118. The molecule has 0 unspecified atom stereocenters. The van der Waals surface area contributed by atoms with E-state index in [-0.39, 0.29) is 11.5 Å². The molecule has 106 valence electrons. The van der Waals surface area contributed by atoms with Gasteiger partial charge in [-0.15, -0.1) is 0 Å². The van der Waals surface area contributed by atoms with Crippen LogP contribution in [0.1, 0.15) is 19.4 Å². The van der Waals surface area contributed by atoms with Crippen LogP contribution in [0.5, 0.6) is 0 Å². The van der Waals surface area contributed by atoms with Crippen molar-refractivity contribution in [1.82, 2.24) is 10.3 Å². The van der Waals surface area contributed by atoms with Crippen LogP contribution in [-0.4, -0.2) is 10.9 Å². The van der Waals surface area contributed by atoms with Crippen LogP contribution in [0.2, 0.25) is 0 Å². The van der Waals surface area contributed by atoms with E-state index in [0.29, 0.717) is 5.57 Å². The Hall–Kier alpha value is -2.62. The lowest BCUT2D eigenvalue weighted by Gasteiger charge is -2.26. The third kappa shape index (κ3) is 2.40. The van der Waals surface area contributed by atoms with E-state index in [1.807, 2.05) is 44.2 Å². The standard InChI is InChI=1S/C17H16N2O2/c1-17(2,12-7-9-15(20)18-10-12)19-16(21)14-8-6-11-4-3-5-13(11)14/h3-10H,1-2H3,(H,18,20)(H,19,21). The largest absolute Gasteiger partial charge is 0.343 e. The molecule has 1 heterocycles. The zero-order valence-electron chi connectivity index (χ0n) is 11.9. The molecule has 1 amide bonds. The van der Waals surface area contributed by atoms with Gasteiger partial charge < -0.3 is 10.3 Å². The molecule has 21 heavy (non-hydrogen) atoms. The zero-order chi connectivity index (χ0) is 15.0. The van der Waals surface area contributed by atoms with E-state index in [1.54, 1.807) is 12.3 Å². The number of allylic oxidation sites excluding steroid dienone is 6. The monoisotopic (exact) mass is 280 g/mol. The van der Waals surface area contributed by atoms with Gasteiger partial charge in [0.1, 0.15) is 0 Å². The number of nitrogens with one attached hydrogen (secondary N) is 2. The van der Waals surface area contributed by atoms with Gasteiger partial charge in [-0.2, -0.15) is 0 Å². The topological polar surface area (TPSA) is 62.0 Å². The number of carbonyl (C=O) groups excluding carboxylic acids is 1. The average molecular weight is 280 g/mol. The second kappa shape index (κ2) is 4.74. The van der Waals surface area contributed by atoms with E-state index in [0.717, 1.165) is 16.7 Å². The summed E-state index contributed by atoms with van der Waals surface area (Å²) in [5, 5.41) is 3.02. The number of aromatic nitrogens is 1. The molecule has 2 N–H and O–H groups in total. The molecule has 0 radical (unpaired) electrons. The summed E-state index contributed by atoms with van der Waals surface area (Å²) < 4.78 is 0. The van der Waals surface area contributed by atoms with Crippen LogP contribution < -0.4 is 10.9 Å². The van der Waals surface area contributed by atoms with Crippen molar-refractivity contribution in [1.29, 1.82) is 0 Å². The molecule has 0 saturated carbocycles. The first-order valence-corrected chi connectivity index (χ1v) is 6.80. The minimum Gasteiger partial charge on any atom is -0.343 e. The quantitative estimate of drug-likeness (QED) is 0.890. The minimum atomic E-state index is -0.572. The molecule has 0 spiro atoms. The van der Waals surface area contributed by atoms with E-state index in [1.165, 1.54) is 6.07 Å². The Labute approximate surface area is 122 Å². The Bertz CT molecular complexity index is 769. The fourth-order valence-corrected chi connectivity index (χ4v) is 2.51. The van der Waals surface area contributed by atoms with Crippen LogP contribution >= 0.6 is 0 Å². The van der Waals surface area contributed by atoms with Gasteiger partial charge in [0, 0.05) is 17.8 Å². The van der Waals surface area contributed by atoms with Crippen molar-refractivity contribution in [3.8, 4) is 0 Å². The third-order valence-corrected chi connectivity index (χ3v) is 3.75. The van der Waals surface area contributed by atoms with Crippen molar-refractivity contribution >= 4 is 5.91 Å². The Morgan fingerprint density at radius 1 is 1.19 bits per heavy atom. The molecule has 4 nitrogen and oxygen atoms in total. The highest BCUT2D eigenvalue weighted by atomic mass is 16.2. The number of hydrogen-bond acceptors (Lipinski definition) is 2. The molecule has 0 fully saturated rings. The normalized spacial score (nSPS) is 16.2. The molecule has 3 rings (SSSR count). The lowest BCUT2D eigenvalue weighted by molar-refractivity contribution is -0.118.